The number of aryl methyl sites for hydroxylation is 1. The Morgan fingerprint density at radius 3 is 1.97 bits per heavy atom. The molecule has 0 aliphatic carbocycles. The lowest BCUT2D eigenvalue weighted by Crippen LogP contribution is -2.56. The molecule has 0 spiro atoms. The van der Waals surface area contributed by atoms with Gasteiger partial charge in [-0.05, 0) is 53.7 Å². The quantitative estimate of drug-likeness (QED) is 0.606. The van der Waals surface area contributed by atoms with Gasteiger partial charge in [0.05, 0.1) is 6.04 Å². The first-order valence-electron chi connectivity index (χ1n) is 10.8. The predicted octanol–water partition coefficient (Wildman–Crippen LogP) is 2.55. The Morgan fingerprint density at radius 2 is 1.52 bits per heavy atom. The molecule has 7 heteroatoms. The SMILES string of the molecule is CC[C@@H](C(=O)N(C)[C@@H](Cc1ccc(C)cc1)C(=O)OC(C)(C)C)N(C)C(=O)[C@H](C)NC. The summed E-state index contributed by atoms with van der Waals surface area (Å²) in [5.41, 5.74) is 1.38. The summed E-state index contributed by atoms with van der Waals surface area (Å²) in [6, 6.07) is 5.98. The molecule has 0 aliphatic rings. The number of rotatable bonds is 9. The molecule has 3 atom stereocenters. The molecule has 0 saturated carbocycles. The van der Waals surface area contributed by atoms with Crippen molar-refractivity contribution in [3.8, 4) is 0 Å². The van der Waals surface area contributed by atoms with Gasteiger partial charge in [-0.15, -0.1) is 0 Å². The minimum absolute atomic E-state index is 0.177. The molecule has 174 valence electrons. The predicted molar refractivity (Wildman–Crippen MR) is 123 cm³/mol. The second-order valence-electron chi connectivity index (χ2n) is 9.07. The highest BCUT2D eigenvalue weighted by Crippen LogP contribution is 2.18. The van der Waals surface area contributed by atoms with Crippen LogP contribution < -0.4 is 5.32 Å². The number of amides is 2. The van der Waals surface area contributed by atoms with Crippen molar-refractivity contribution in [2.24, 2.45) is 0 Å². The van der Waals surface area contributed by atoms with Gasteiger partial charge in [0.2, 0.25) is 11.8 Å². The van der Waals surface area contributed by atoms with Crippen molar-refractivity contribution in [1.82, 2.24) is 15.1 Å². The van der Waals surface area contributed by atoms with Gasteiger partial charge in [-0.3, -0.25) is 9.59 Å². The topological polar surface area (TPSA) is 79.0 Å². The summed E-state index contributed by atoms with van der Waals surface area (Å²) in [5, 5.41) is 2.91. The molecule has 31 heavy (non-hydrogen) atoms. The third-order valence-corrected chi connectivity index (χ3v) is 5.33. The van der Waals surface area contributed by atoms with Gasteiger partial charge in [0.1, 0.15) is 17.7 Å². The van der Waals surface area contributed by atoms with Gasteiger partial charge in [0.25, 0.3) is 0 Å². The van der Waals surface area contributed by atoms with Crippen molar-refractivity contribution in [2.45, 2.75) is 78.1 Å². The van der Waals surface area contributed by atoms with Gasteiger partial charge in [0, 0.05) is 20.5 Å². The largest absolute Gasteiger partial charge is 0.458 e. The molecule has 0 radical (unpaired) electrons. The first kappa shape index (κ1) is 26.6. The summed E-state index contributed by atoms with van der Waals surface area (Å²) in [5.74, 6) is -0.926. The fraction of sp³-hybridized carbons (Fsp3) is 0.625. The summed E-state index contributed by atoms with van der Waals surface area (Å²) in [6.07, 6.45) is 0.770. The van der Waals surface area contributed by atoms with Crippen LogP contribution >= 0.6 is 0 Å². The van der Waals surface area contributed by atoms with Crippen LogP contribution in [-0.4, -0.2) is 72.5 Å². The number of hydrogen-bond acceptors (Lipinski definition) is 5. The smallest absolute Gasteiger partial charge is 0.329 e. The van der Waals surface area contributed by atoms with Crippen LogP contribution in [0.5, 0.6) is 0 Å². The Kier molecular flexibility index (Phi) is 9.69. The average Bonchev–Trinajstić information content (AvgIpc) is 2.70. The number of ether oxygens (including phenoxy) is 1. The Labute approximate surface area is 187 Å². The molecule has 0 aliphatic heterocycles. The number of esters is 1. The lowest BCUT2D eigenvalue weighted by Gasteiger charge is -2.35. The molecule has 1 N–H and O–H groups in total. The fourth-order valence-electron chi connectivity index (χ4n) is 3.28. The number of carbonyl (C=O) groups excluding carboxylic acids is 3. The maximum absolute atomic E-state index is 13.4. The van der Waals surface area contributed by atoms with Crippen LogP contribution in [0, 0.1) is 6.92 Å². The summed E-state index contributed by atoms with van der Waals surface area (Å²) in [4.78, 5) is 41.9. The maximum Gasteiger partial charge on any atom is 0.329 e. The van der Waals surface area contributed by atoms with Gasteiger partial charge >= 0.3 is 5.97 Å². The molecule has 0 aromatic heterocycles. The highest BCUT2D eigenvalue weighted by Gasteiger charge is 2.36. The van der Waals surface area contributed by atoms with E-state index in [1.165, 1.54) is 9.80 Å². The van der Waals surface area contributed by atoms with Crippen LogP contribution in [0.15, 0.2) is 24.3 Å². The molecule has 1 aromatic rings. The van der Waals surface area contributed by atoms with Crippen LogP contribution in [-0.2, 0) is 25.5 Å². The van der Waals surface area contributed by atoms with Crippen molar-refractivity contribution in [2.75, 3.05) is 21.1 Å². The molecule has 2 amide bonds. The van der Waals surface area contributed by atoms with Crippen LogP contribution in [0.2, 0.25) is 0 Å². The van der Waals surface area contributed by atoms with Crippen molar-refractivity contribution >= 4 is 17.8 Å². The van der Waals surface area contributed by atoms with Crippen molar-refractivity contribution in [1.29, 1.82) is 0 Å². The van der Waals surface area contributed by atoms with E-state index in [0.29, 0.717) is 12.8 Å². The third-order valence-electron chi connectivity index (χ3n) is 5.33. The molecule has 0 bridgehead atoms. The summed E-state index contributed by atoms with van der Waals surface area (Å²) < 4.78 is 5.62. The number of likely N-dealkylation sites (N-methyl/N-ethyl adjacent to an activating group) is 3. The first-order valence-corrected chi connectivity index (χ1v) is 10.8. The number of nitrogens with zero attached hydrogens (tertiary/aromatic N) is 2. The van der Waals surface area contributed by atoms with E-state index in [-0.39, 0.29) is 11.8 Å². The zero-order valence-corrected chi connectivity index (χ0v) is 20.5. The normalized spacial score (nSPS) is 14.4. The van der Waals surface area contributed by atoms with Crippen LogP contribution in [0.25, 0.3) is 0 Å². The van der Waals surface area contributed by atoms with E-state index >= 15 is 0 Å². The van der Waals surface area contributed by atoms with E-state index in [4.69, 9.17) is 4.74 Å². The molecule has 0 heterocycles. The maximum atomic E-state index is 13.4. The summed E-state index contributed by atoms with van der Waals surface area (Å²) >= 11 is 0. The molecule has 0 saturated heterocycles. The van der Waals surface area contributed by atoms with E-state index < -0.39 is 29.7 Å². The lowest BCUT2D eigenvalue weighted by atomic mass is 10.0. The minimum atomic E-state index is -0.797. The highest BCUT2D eigenvalue weighted by atomic mass is 16.6. The molecule has 0 fully saturated rings. The zero-order chi connectivity index (χ0) is 23.9. The van der Waals surface area contributed by atoms with Crippen LogP contribution in [0.1, 0.15) is 52.2 Å². The van der Waals surface area contributed by atoms with Gasteiger partial charge in [-0.25, -0.2) is 4.79 Å². The first-order chi connectivity index (χ1) is 14.3. The molecule has 1 aromatic carbocycles. The second kappa shape index (κ2) is 11.3. The van der Waals surface area contributed by atoms with E-state index in [1.54, 1.807) is 48.8 Å². The van der Waals surface area contributed by atoms with Gasteiger partial charge in [0.15, 0.2) is 0 Å². The second-order valence-corrected chi connectivity index (χ2v) is 9.07. The average molecular weight is 434 g/mol. The number of hydrogen-bond donors (Lipinski definition) is 1. The van der Waals surface area contributed by atoms with Crippen molar-refractivity contribution in [3.63, 3.8) is 0 Å². The van der Waals surface area contributed by atoms with Crippen LogP contribution in [0.4, 0.5) is 0 Å². The molecular weight excluding hydrogens is 394 g/mol. The third kappa shape index (κ3) is 7.65. The van der Waals surface area contributed by atoms with E-state index in [2.05, 4.69) is 5.32 Å². The van der Waals surface area contributed by atoms with Gasteiger partial charge < -0.3 is 19.9 Å². The van der Waals surface area contributed by atoms with Crippen molar-refractivity contribution < 1.29 is 19.1 Å². The molecule has 1 rings (SSSR count). The van der Waals surface area contributed by atoms with Crippen LogP contribution in [0.3, 0.4) is 0 Å². The molecule has 7 nitrogen and oxygen atoms in total. The molecular formula is C24H39N3O4. The fourth-order valence-corrected chi connectivity index (χ4v) is 3.28. The Bertz CT molecular complexity index is 755. The molecule has 0 unspecified atom stereocenters. The highest BCUT2D eigenvalue weighted by molar-refractivity contribution is 5.92. The number of carbonyl (C=O) groups is 3. The summed E-state index contributed by atoms with van der Waals surface area (Å²) in [7, 11) is 4.93. The van der Waals surface area contributed by atoms with Crippen molar-refractivity contribution in [3.05, 3.63) is 35.4 Å². The monoisotopic (exact) mass is 433 g/mol. The van der Waals surface area contributed by atoms with E-state index in [1.807, 2.05) is 38.1 Å². The number of benzene rings is 1. The minimum Gasteiger partial charge on any atom is -0.458 e. The van der Waals surface area contributed by atoms with E-state index in [0.717, 1.165) is 11.1 Å². The number of nitrogens with one attached hydrogen (secondary N) is 1. The Morgan fingerprint density at radius 1 is 1.00 bits per heavy atom. The summed E-state index contributed by atoms with van der Waals surface area (Å²) in [6.45, 7) is 11.0. The van der Waals surface area contributed by atoms with E-state index in [9.17, 15) is 14.4 Å². The van der Waals surface area contributed by atoms with Gasteiger partial charge in [-0.1, -0.05) is 36.8 Å². The van der Waals surface area contributed by atoms with Gasteiger partial charge in [-0.2, -0.15) is 0 Å². The zero-order valence-electron chi connectivity index (χ0n) is 20.5. The lowest BCUT2D eigenvalue weighted by molar-refractivity contribution is -0.165. The standard InChI is InChI=1S/C24H39N3O4/c1-10-19(26(8)21(28)17(3)25-7)22(29)27(9)20(23(30)31-24(4,5)6)15-18-13-11-16(2)12-14-18/h11-14,17,19-20,25H,10,15H2,1-9H3/t17-,19-,20-/m0/s1. The Balaban J connectivity index is 3.19. The Hall–Kier alpha value is -2.41.